The van der Waals surface area contributed by atoms with Crippen molar-refractivity contribution in [1.82, 2.24) is 20.5 Å². The van der Waals surface area contributed by atoms with Gasteiger partial charge in [0.25, 0.3) is 11.8 Å². The zero-order valence-electron chi connectivity index (χ0n) is 24.1. The minimum atomic E-state index is -1.00. The first-order valence-electron chi connectivity index (χ1n) is 15.0. The fourth-order valence-corrected chi connectivity index (χ4v) is 7.45. The number of thiazole rings is 1. The standard InChI is InChI=1S/C32H36F2N4O4S/c1-18-17-43-31(36-18)27-7-3-9-38(27)32(41)24-14-20(15-28-23(24)5-4-10-42-28)30(40)37-26(29(39)25-6-2-8-35-25)13-19-11-21(33)16-22(34)12-19/h11-12,14-17,25-27,29,35,39H,2-10,13H2,1H3,(H,37,40)/t25-,26-,27+,29+/m0/s1. The monoisotopic (exact) mass is 610 g/mol. The third-order valence-electron chi connectivity index (χ3n) is 8.58. The SMILES string of the molecule is Cc1csc([C@H]2CCCN2C(=O)c2cc(C(=O)N[C@@H](Cc3cc(F)cc(F)c3)[C@H](O)[C@@H]3CCCN3)cc3c2CCCO3)n1. The molecule has 0 aliphatic carbocycles. The Labute approximate surface area is 253 Å². The summed E-state index contributed by atoms with van der Waals surface area (Å²) in [5.41, 5.74) is 2.70. The first-order valence-corrected chi connectivity index (χ1v) is 15.8. The molecule has 3 aliphatic rings. The first kappa shape index (κ1) is 29.7. The van der Waals surface area contributed by atoms with Gasteiger partial charge in [0.2, 0.25) is 0 Å². The molecule has 0 bridgehead atoms. The number of halogens is 2. The van der Waals surface area contributed by atoms with Crippen LogP contribution >= 0.6 is 11.3 Å². The third-order valence-corrected chi connectivity index (χ3v) is 9.65. The van der Waals surface area contributed by atoms with Crippen LogP contribution in [-0.2, 0) is 12.8 Å². The van der Waals surface area contributed by atoms with E-state index in [1.807, 2.05) is 17.2 Å². The third kappa shape index (κ3) is 6.44. The van der Waals surface area contributed by atoms with Crippen molar-refractivity contribution in [3.8, 4) is 5.75 Å². The second kappa shape index (κ2) is 12.7. The van der Waals surface area contributed by atoms with Gasteiger partial charge in [-0.25, -0.2) is 13.8 Å². The fourth-order valence-electron chi connectivity index (χ4n) is 6.51. The van der Waals surface area contributed by atoms with Gasteiger partial charge in [-0.3, -0.25) is 9.59 Å². The van der Waals surface area contributed by atoms with Crippen molar-refractivity contribution in [1.29, 1.82) is 0 Å². The van der Waals surface area contributed by atoms with E-state index in [0.29, 0.717) is 42.9 Å². The molecule has 2 aromatic carbocycles. The van der Waals surface area contributed by atoms with E-state index in [-0.39, 0.29) is 30.0 Å². The quantitative estimate of drug-likeness (QED) is 0.348. The Balaban J connectivity index is 1.30. The molecule has 3 N–H and O–H groups in total. The Kier molecular flexibility index (Phi) is 8.74. The number of aliphatic hydroxyl groups excluding tert-OH is 1. The molecule has 1 aromatic heterocycles. The highest BCUT2D eigenvalue weighted by Crippen LogP contribution is 2.37. The molecule has 4 heterocycles. The normalized spacial score (nSPS) is 21.3. The number of aromatic nitrogens is 1. The van der Waals surface area contributed by atoms with E-state index in [1.54, 1.807) is 23.5 Å². The molecule has 11 heteroatoms. The Hall–Kier alpha value is -3.41. The summed E-state index contributed by atoms with van der Waals surface area (Å²) in [6.45, 7) is 3.76. The van der Waals surface area contributed by atoms with Crippen LogP contribution in [0.2, 0.25) is 0 Å². The van der Waals surface area contributed by atoms with E-state index >= 15 is 0 Å². The molecule has 0 unspecified atom stereocenters. The van der Waals surface area contributed by atoms with Gasteiger partial charge in [0.1, 0.15) is 22.4 Å². The summed E-state index contributed by atoms with van der Waals surface area (Å²) in [4.78, 5) is 34.4. The van der Waals surface area contributed by atoms with Crippen LogP contribution < -0.4 is 15.4 Å². The average Bonchev–Trinajstić information content (AvgIpc) is 3.77. The van der Waals surface area contributed by atoms with Crippen LogP contribution in [0.25, 0.3) is 0 Å². The smallest absolute Gasteiger partial charge is 0.254 e. The summed E-state index contributed by atoms with van der Waals surface area (Å²) in [7, 11) is 0. The van der Waals surface area contributed by atoms with Gasteiger partial charge in [0, 0.05) is 46.4 Å². The zero-order chi connectivity index (χ0) is 30.1. The molecule has 43 heavy (non-hydrogen) atoms. The van der Waals surface area contributed by atoms with Crippen LogP contribution in [0.1, 0.15) is 80.7 Å². The molecule has 4 atom stereocenters. The zero-order valence-corrected chi connectivity index (χ0v) is 24.9. The minimum Gasteiger partial charge on any atom is -0.493 e. The fraction of sp³-hybridized carbons (Fsp3) is 0.469. The summed E-state index contributed by atoms with van der Waals surface area (Å²) in [6.07, 6.45) is 3.73. The van der Waals surface area contributed by atoms with Crippen molar-refractivity contribution in [2.75, 3.05) is 19.7 Å². The van der Waals surface area contributed by atoms with Crippen molar-refractivity contribution >= 4 is 23.2 Å². The van der Waals surface area contributed by atoms with Crippen LogP contribution in [0.5, 0.6) is 5.75 Å². The van der Waals surface area contributed by atoms with Gasteiger partial charge < -0.3 is 25.4 Å². The number of nitrogens with one attached hydrogen (secondary N) is 2. The molecule has 0 saturated carbocycles. The van der Waals surface area contributed by atoms with Crippen LogP contribution in [-0.4, -0.2) is 64.7 Å². The first-order chi connectivity index (χ1) is 20.8. The molecular weight excluding hydrogens is 574 g/mol. The number of carbonyl (C=O) groups is 2. The average molecular weight is 611 g/mol. The Bertz CT molecular complexity index is 1490. The van der Waals surface area contributed by atoms with Crippen LogP contribution in [0, 0.1) is 18.6 Å². The summed E-state index contributed by atoms with van der Waals surface area (Å²) in [5.74, 6) is -1.61. The van der Waals surface area contributed by atoms with Gasteiger partial charge in [0.15, 0.2) is 0 Å². The van der Waals surface area contributed by atoms with Gasteiger partial charge in [-0.15, -0.1) is 11.3 Å². The Morgan fingerprint density at radius 2 is 1.98 bits per heavy atom. The molecule has 8 nitrogen and oxygen atoms in total. The molecule has 228 valence electrons. The van der Waals surface area contributed by atoms with Gasteiger partial charge in [-0.2, -0.15) is 0 Å². The van der Waals surface area contributed by atoms with Crippen molar-refractivity contribution in [3.63, 3.8) is 0 Å². The van der Waals surface area contributed by atoms with Crippen molar-refractivity contribution in [2.24, 2.45) is 0 Å². The molecule has 2 amide bonds. The molecular formula is C32H36F2N4O4S. The molecule has 3 aromatic rings. The number of likely N-dealkylation sites (tertiary alicyclic amines) is 1. The van der Waals surface area contributed by atoms with E-state index in [0.717, 1.165) is 54.6 Å². The highest BCUT2D eigenvalue weighted by molar-refractivity contribution is 7.09. The maximum Gasteiger partial charge on any atom is 0.254 e. The topological polar surface area (TPSA) is 104 Å². The van der Waals surface area contributed by atoms with E-state index in [4.69, 9.17) is 4.74 Å². The van der Waals surface area contributed by atoms with Gasteiger partial charge >= 0.3 is 0 Å². The number of hydrogen-bond donors (Lipinski definition) is 3. The summed E-state index contributed by atoms with van der Waals surface area (Å²) >= 11 is 1.55. The largest absolute Gasteiger partial charge is 0.493 e. The van der Waals surface area contributed by atoms with Gasteiger partial charge in [0.05, 0.1) is 24.8 Å². The summed E-state index contributed by atoms with van der Waals surface area (Å²) in [6, 6.07) is 5.24. The number of aryl methyl sites for hydroxylation is 1. The van der Waals surface area contributed by atoms with E-state index in [1.165, 1.54) is 12.1 Å². The number of aliphatic hydroxyl groups is 1. The molecule has 0 spiro atoms. The lowest BCUT2D eigenvalue weighted by Gasteiger charge is -2.29. The molecule has 2 fully saturated rings. The van der Waals surface area contributed by atoms with Crippen molar-refractivity contribution < 1.29 is 28.2 Å². The lowest BCUT2D eigenvalue weighted by atomic mass is 9.93. The van der Waals surface area contributed by atoms with Crippen LogP contribution in [0.15, 0.2) is 35.7 Å². The van der Waals surface area contributed by atoms with Crippen molar-refractivity contribution in [2.45, 2.75) is 76.1 Å². The summed E-state index contributed by atoms with van der Waals surface area (Å²) in [5, 5.41) is 20.3. The maximum absolute atomic E-state index is 14.1. The molecule has 0 radical (unpaired) electrons. The predicted octanol–water partition coefficient (Wildman–Crippen LogP) is 4.49. The van der Waals surface area contributed by atoms with Crippen LogP contribution in [0.4, 0.5) is 8.78 Å². The number of benzene rings is 2. The number of amides is 2. The second-order valence-electron chi connectivity index (χ2n) is 11.7. The maximum atomic E-state index is 14.1. The Morgan fingerprint density at radius 3 is 2.70 bits per heavy atom. The predicted molar refractivity (Wildman–Crippen MR) is 158 cm³/mol. The molecule has 2 saturated heterocycles. The van der Waals surface area contributed by atoms with Gasteiger partial charge in [-0.1, -0.05) is 0 Å². The van der Waals surface area contributed by atoms with E-state index < -0.39 is 29.7 Å². The number of rotatable bonds is 8. The number of fused-ring (bicyclic) bond motifs is 1. The number of nitrogens with zero attached hydrogens (tertiary/aromatic N) is 2. The van der Waals surface area contributed by atoms with Crippen molar-refractivity contribution in [3.05, 3.63) is 80.3 Å². The van der Waals surface area contributed by atoms with E-state index in [2.05, 4.69) is 15.6 Å². The van der Waals surface area contributed by atoms with Crippen LogP contribution in [0.3, 0.4) is 0 Å². The lowest BCUT2D eigenvalue weighted by molar-refractivity contribution is 0.0730. The van der Waals surface area contributed by atoms with E-state index in [9.17, 15) is 23.5 Å². The second-order valence-corrected chi connectivity index (χ2v) is 12.6. The number of ether oxygens (including phenoxy) is 1. The highest BCUT2D eigenvalue weighted by atomic mass is 32.1. The molecule has 3 aliphatic heterocycles. The highest BCUT2D eigenvalue weighted by Gasteiger charge is 2.36. The molecule has 6 rings (SSSR count). The number of hydrogen-bond acceptors (Lipinski definition) is 7. The lowest BCUT2D eigenvalue weighted by Crippen LogP contribution is -2.52. The number of carbonyl (C=O) groups excluding carboxylic acids is 2. The minimum absolute atomic E-state index is 0.0235. The summed E-state index contributed by atoms with van der Waals surface area (Å²) < 4.78 is 33.9. The van der Waals surface area contributed by atoms with Gasteiger partial charge in [-0.05, 0) is 88.2 Å². The Morgan fingerprint density at radius 1 is 1.16 bits per heavy atom.